The summed E-state index contributed by atoms with van der Waals surface area (Å²) < 4.78 is 0. The van der Waals surface area contributed by atoms with Gasteiger partial charge in [0.1, 0.15) is 5.60 Å². The van der Waals surface area contributed by atoms with Gasteiger partial charge in [0, 0.05) is 31.4 Å². The van der Waals surface area contributed by atoms with Gasteiger partial charge < -0.3 is 15.7 Å². The van der Waals surface area contributed by atoms with Gasteiger partial charge >= 0.3 is 0 Å². The van der Waals surface area contributed by atoms with Gasteiger partial charge in [-0.3, -0.25) is 4.98 Å². The Morgan fingerprint density at radius 2 is 1.88 bits per heavy atom. The molecular formula is C19H26N4O. The molecule has 5 heteroatoms. The second kappa shape index (κ2) is 9.03. The Balaban J connectivity index is 1.92. The second-order valence-electron chi connectivity index (χ2n) is 5.83. The molecule has 0 saturated carbocycles. The van der Waals surface area contributed by atoms with E-state index in [4.69, 9.17) is 0 Å². The minimum atomic E-state index is -0.995. The summed E-state index contributed by atoms with van der Waals surface area (Å²) in [7, 11) is 0. The van der Waals surface area contributed by atoms with E-state index in [1.807, 2.05) is 55.5 Å². The van der Waals surface area contributed by atoms with E-state index in [0.29, 0.717) is 5.96 Å². The van der Waals surface area contributed by atoms with Crippen LogP contribution in [0, 0.1) is 0 Å². The van der Waals surface area contributed by atoms with Crippen LogP contribution in [-0.2, 0) is 12.0 Å². The van der Waals surface area contributed by atoms with Crippen LogP contribution in [0.3, 0.4) is 0 Å². The maximum Gasteiger partial charge on any atom is 0.191 e. The van der Waals surface area contributed by atoms with Gasteiger partial charge in [0.2, 0.25) is 0 Å². The Hall–Kier alpha value is -2.40. The van der Waals surface area contributed by atoms with Crippen LogP contribution >= 0.6 is 0 Å². The van der Waals surface area contributed by atoms with E-state index in [0.717, 1.165) is 30.8 Å². The number of hydrogen-bond acceptors (Lipinski definition) is 3. The fourth-order valence-corrected chi connectivity index (χ4v) is 2.32. The van der Waals surface area contributed by atoms with Gasteiger partial charge in [0.25, 0.3) is 0 Å². The zero-order valence-corrected chi connectivity index (χ0v) is 14.4. The molecule has 0 saturated heterocycles. The number of nitrogens with one attached hydrogen (secondary N) is 2. The number of guanidine groups is 1. The average Bonchev–Trinajstić information content (AvgIpc) is 2.61. The Bertz CT molecular complexity index is 626. The van der Waals surface area contributed by atoms with E-state index >= 15 is 0 Å². The van der Waals surface area contributed by atoms with Crippen molar-refractivity contribution in [2.75, 3.05) is 19.6 Å². The number of rotatable bonds is 7. The maximum absolute atomic E-state index is 10.6. The molecule has 0 fully saturated rings. The predicted octanol–water partition coefficient (Wildman–Crippen LogP) is 2.09. The fraction of sp³-hybridized carbons (Fsp3) is 0.368. The first-order chi connectivity index (χ1) is 11.6. The number of hydrogen-bond donors (Lipinski definition) is 3. The lowest BCUT2D eigenvalue weighted by Gasteiger charge is -2.22. The molecule has 1 aromatic heterocycles. The first-order valence-electron chi connectivity index (χ1n) is 8.32. The third-order valence-corrected chi connectivity index (χ3v) is 3.68. The standard InChI is InChI=1S/C19H26N4O/c1-3-20-18(22-14-12-17-11-7-8-13-21-17)23-15-19(2,24)16-9-5-4-6-10-16/h4-11,13,24H,3,12,14-15H2,1-2H3,(H2,20,22,23). The fourth-order valence-electron chi connectivity index (χ4n) is 2.32. The highest BCUT2D eigenvalue weighted by molar-refractivity contribution is 5.79. The summed E-state index contributed by atoms with van der Waals surface area (Å²) in [5, 5.41) is 17.1. The lowest BCUT2D eigenvalue weighted by Crippen LogP contribution is -2.39. The number of nitrogens with zero attached hydrogens (tertiary/aromatic N) is 2. The Morgan fingerprint density at radius 3 is 2.54 bits per heavy atom. The quantitative estimate of drug-likeness (QED) is 0.538. The molecule has 1 unspecified atom stereocenters. The minimum Gasteiger partial charge on any atom is -0.384 e. The van der Waals surface area contributed by atoms with Crippen molar-refractivity contribution in [1.29, 1.82) is 0 Å². The highest BCUT2D eigenvalue weighted by Gasteiger charge is 2.22. The molecular weight excluding hydrogens is 300 g/mol. The van der Waals surface area contributed by atoms with Gasteiger partial charge in [-0.25, -0.2) is 4.99 Å². The lowest BCUT2D eigenvalue weighted by atomic mass is 9.96. The van der Waals surface area contributed by atoms with Crippen LogP contribution in [0.15, 0.2) is 59.7 Å². The minimum absolute atomic E-state index is 0.288. The van der Waals surface area contributed by atoms with Crippen molar-refractivity contribution in [3.63, 3.8) is 0 Å². The van der Waals surface area contributed by atoms with Gasteiger partial charge in [0.15, 0.2) is 5.96 Å². The van der Waals surface area contributed by atoms with Crippen molar-refractivity contribution in [3.8, 4) is 0 Å². The summed E-state index contributed by atoms with van der Waals surface area (Å²) in [4.78, 5) is 8.82. The van der Waals surface area contributed by atoms with Crippen LogP contribution < -0.4 is 10.6 Å². The SMILES string of the molecule is CCNC(=NCC(C)(O)c1ccccc1)NCCc1ccccn1. The largest absolute Gasteiger partial charge is 0.384 e. The molecule has 0 amide bonds. The monoisotopic (exact) mass is 326 g/mol. The number of aliphatic hydroxyl groups is 1. The molecule has 0 radical (unpaired) electrons. The normalized spacial score (nSPS) is 14.0. The molecule has 1 aromatic carbocycles. The van der Waals surface area contributed by atoms with Crippen molar-refractivity contribution in [2.45, 2.75) is 25.9 Å². The summed E-state index contributed by atoms with van der Waals surface area (Å²) in [5.74, 6) is 0.699. The van der Waals surface area contributed by atoms with Gasteiger partial charge in [-0.15, -0.1) is 0 Å². The van der Waals surface area contributed by atoms with Gasteiger partial charge in [-0.2, -0.15) is 0 Å². The smallest absolute Gasteiger partial charge is 0.191 e. The highest BCUT2D eigenvalue weighted by atomic mass is 16.3. The Labute approximate surface area is 143 Å². The van der Waals surface area contributed by atoms with Crippen LogP contribution in [-0.4, -0.2) is 35.7 Å². The number of aliphatic imine (C=N–C) groups is 1. The predicted molar refractivity (Wildman–Crippen MR) is 97.9 cm³/mol. The summed E-state index contributed by atoms with van der Waals surface area (Å²) >= 11 is 0. The van der Waals surface area contributed by atoms with E-state index < -0.39 is 5.60 Å². The van der Waals surface area contributed by atoms with E-state index in [1.165, 1.54) is 0 Å². The number of benzene rings is 1. The molecule has 128 valence electrons. The molecule has 2 rings (SSSR count). The first-order valence-corrected chi connectivity index (χ1v) is 8.32. The van der Waals surface area contributed by atoms with Crippen molar-refractivity contribution in [3.05, 3.63) is 66.0 Å². The first kappa shape index (κ1) is 17.9. The average molecular weight is 326 g/mol. The lowest BCUT2D eigenvalue weighted by molar-refractivity contribution is 0.0672. The molecule has 0 aliphatic rings. The second-order valence-corrected chi connectivity index (χ2v) is 5.83. The van der Waals surface area contributed by atoms with E-state index in [1.54, 1.807) is 13.1 Å². The van der Waals surface area contributed by atoms with Crippen molar-refractivity contribution in [2.24, 2.45) is 4.99 Å². The molecule has 2 aromatic rings. The van der Waals surface area contributed by atoms with Crippen LogP contribution in [0.5, 0.6) is 0 Å². The van der Waals surface area contributed by atoms with Crippen molar-refractivity contribution in [1.82, 2.24) is 15.6 Å². The van der Waals surface area contributed by atoms with E-state index in [-0.39, 0.29) is 6.54 Å². The summed E-state index contributed by atoms with van der Waals surface area (Å²) in [5.41, 5.74) is 0.903. The molecule has 0 aliphatic carbocycles. The van der Waals surface area contributed by atoms with Crippen LogP contribution in [0.25, 0.3) is 0 Å². The molecule has 0 spiro atoms. The van der Waals surface area contributed by atoms with E-state index in [9.17, 15) is 5.11 Å². The molecule has 5 nitrogen and oxygen atoms in total. The molecule has 1 heterocycles. The molecule has 1 atom stereocenters. The molecule has 0 bridgehead atoms. The van der Waals surface area contributed by atoms with Gasteiger partial charge in [-0.05, 0) is 31.5 Å². The Kier molecular flexibility index (Phi) is 6.75. The summed E-state index contributed by atoms with van der Waals surface area (Å²) in [6, 6.07) is 15.5. The number of aromatic nitrogens is 1. The van der Waals surface area contributed by atoms with Crippen LogP contribution in [0.1, 0.15) is 25.1 Å². The molecule has 3 N–H and O–H groups in total. The molecule has 0 aliphatic heterocycles. The Morgan fingerprint density at radius 1 is 1.12 bits per heavy atom. The van der Waals surface area contributed by atoms with Crippen LogP contribution in [0.2, 0.25) is 0 Å². The number of pyridine rings is 1. The third-order valence-electron chi connectivity index (χ3n) is 3.68. The molecule has 24 heavy (non-hydrogen) atoms. The summed E-state index contributed by atoms with van der Waals surface area (Å²) in [6.45, 7) is 5.59. The van der Waals surface area contributed by atoms with Gasteiger partial charge in [-0.1, -0.05) is 36.4 Å². The van der Waals surface area contributed by atoms with Crippen molar-refractivity contribution >= 4 is 5.96 Å². The zero-order valence-electron chi connectivity index (χ0n) is 14.4. The summed E-state index contributed by atoms with van der Waals surface area (Å²) in [6.07, 6.45) is 2.62. The van der Waals surface area contributed by atoms with Crippen molar-refractivity contribution < 1.29 is 5.11 Å². The van der Waals surface area contributed by atoms with Crippen LogP contribution in [0.4, 0.5) is 0 Å². The topological polar surface area (TPSA) is 69.5 Å². The van der Waals surface area contributed by atoms with E-state index in [2.05, 4.69) is 20.6 Å². The maximum atomic E-state index is 10.6. The zero-order chi connectivity index (χ0) is 17.3. The third kappa shape index (κ3) is 5.66. The highest BCUT2D eigenvalue weighted by Crippen LogP contribution is 2.20. The van der Waals surface area contributed by atoms with Gasteiger partial charge in [0.05, 0.1) is 6.54 Å².